The lowest BCUT2D eigenvalue weighted by atomic mass is 9.62. The van der Waals surface area contributed by atoms with Gasteiger partial charge in [-0.05, 0) is 12.5 Å². The summed E-state index contributed by atoms with van der Waals surface area (Å²) in [5.74, 6) is 0.144. The third kappa shape index (κ3) is 2.28. The molecule has 0 saturated heterocycles. The van der Waals surface area contributed by atoms with Gasteiger partial charge in [0.2, 0.25) is 5.75 Å². The first-order chi connectivity index (χ1) is 8.90. The van der Waals surface area contributed by atoms with E-state index in [4.69, 9.17) is 22.1 Å². The van der Waals surface area contributed by atoms with Crippen LogP contribution in [0.5, 0.6) is 5.75 Å². The number of halogens is 1. The van der Waals surface area contributed by atoms with Crippen LogP contribution in [-0.2, 0) is 0 Å². The summed E-state index contributed by atoms with van der Waals surface area (Å²) in [6.07, 6.45) is 1.41. The van der Waals surface area contributed by atoms with Crippen LogP contribution < -0.4 is 10.5 Å². The maximum Gasteiger partial charge on any atom is 0.312 e. The molecule has 0 amide bonds. The Balaban J connectivity index is 2.28. The fourth-order valence-electron chi connectivity index (χ4n) is 2.42. The molecule has 1 aliphatic rings. The van der Waals surface area contributed by atoms with Crippen LogP contribution in [0.3, 0.4) is 0 Å². The van der Waals surface area contributed by atoms with Gasteiger partial charge in [0.05, 0.1) is 9.95 Å². The fourth-order valence-corrected chi connectivity index (χ4v) is 2.63. The molecule has 3 unspecified atom stereocenters. The van der Waals surface area contributed by atoms with Gasteiger partial charge in [-0.2, -0.15) is 0 Å². The summed E-state index contributed by atoms with van der Waals surface area (Å²) in [5.41, 5.74) is 5.74. The van der Waals surface area contributed by atoms with Gasteiger partial charge >= 0.3 is 5.69 Å². The van der Waals surface area contributed by atoms with Gasteiger partial charge in [-0.1, -0.05) is 31.5 Å². The maximum atomic E-state index is 11.0. The lowest BCUT2D eigenvalue weighted by Gasteiger charge is -2.51. The molecular weight excluding hydrogens is 268 g/mol. The molecule has 0 radical (unpaired) electrons. The summed E-state index contributed by atoms with van der Waals surface area (Å²) in [6.45, 7) is 4.07. The molecule has 6 heteroatoms. The van der Waals surface area contributed by atoms with Crippen molar-refractivity contribution in [3.63, 3.8) is 0 Å². The summed E-state index contributed by atoms with van der Waals surface area (Å²) in [4.78, 5) is 10.5. The molecule has 0 spiro atoms. The third-order valence-electron chi connectivity index (χ3n) is 4.22. The molecule has 3 atom stereocenters. The highest BCUT2D eigenvalue weighted by atomic mass is 35.5. The van der Waals surface area contributed by atoms with Crippen molar-refractivity contribution < 1.29 is 9.66 Å². The van der Waals surface area contributed by atoms with Gasteiger partial charge < -0.3 is 10.5 Å². The van der Waals surface area contributed by atoms with Crippen LogP contribution in [0.1, 0.15) is 26.7 Å². The highest BCUT2D eigenvalue weighted by Crippen LogP contribution is 2.47. The van der Waals surface area contributed by atoms with Crippen LogP contribution in [-0.4, -0.2) is 17.1 Å². The van der Waals surface area contributed by atoms with E-state index in [9.17, 15) is 10.1 Å². The lowest BCUT2D eigenvalue weighted by molar-refractivity contribution is -0.386. The molecule has 2 N–H and O–H groups in total. The topological polar surface area (TPSA) is 78.4 Å². The molecule has 0 bridgehead atoms. The van der Waals surface area contributed by atoms with Gasteiger partial charge in [0.25, 0.3) is 0 Å². The number of nitrogens with two attached hydrogens (primary N) is 1. The number of nitro groups is 1. The Morgan fingerprint density at radius 1 is 1.63 bits per heavy atom. The van der Waals surface area contributed by atoms with Gasteiger partial charge in [-0.15, -0.1) is 0 Å². The van der Waals surface area contributed by atoms with Crippen molar-refractivity contribution in [1.82, 2.24) is 0 Å². The third-order valence-corrected chi connectivity index (χ3v) is 4.51. The van der Waals surface area contributed by atoms with Crippen molar-refractivity contribution in [1.29, 1.82) is 0 Å². The predicted octanol–water partition coefficient (Wildman–Crippen LogP) is 3.14. The molecular formula is C13H17ClN2O3. The Morgan fingerprint density at radius 3 is 2.84 bits per heavy atom. The van der Waals surface area contributed by atoms with E-state index in [0.717, 1.165) is 6.42 Å². The molecule has 0 aromatic heterocycles. The van der Waals surface area contributed by atoms with Crippen LogP contribution in [0.2, 0.25) is 5.02 Å². The molecule has 5 nitrogen and oxygen atoms in total. The van der Waals surface area contributed by atoms with Crippen LogP contribution >= 0.6 is 11.6 Å². The monoisotopic (exact) mass is 284 g/mol. The van der Waals surface area contributed by atoms with Crippen LogP contribution in [0.25, 0.3) is 0 Å². The number of hydrogen-bond acceptors (Lipinski definition) is 4. The Morgan fingerprint density at radius 2 is 2.32 bits per heavy atom. The molecule has 19 heavy (non-hydrogen) atoms. The van der Waals surface area contributed by atoms with Crippen LogP contribution in [0.4, 0.5) is 5.69 Å². The summed E-state index contributed by atoms with van der Waals surface area (Å²) in [5, 5.41) is 11.3. The largest absolute Gasteiger partial charge is 0.482 e. The minimum absolute atomic E-state index is 0.0593. The Labute approximate surface area is 116 Å². The number of hydrogen-bond donors (Lipinski definition) is 1. The zero-order valence-electron chi connectivity index (χ0n) is 10.9. The van der Waals surface area contributed by atoms with Crippen molar-refractivity contribution in [2.24, 2.45) is 11.1 Å². The Hall–Kier alpha value is -1.33. The van der Waals surface area contributed by atoms with Crippen molar-refractivity contribution >= 4 is 17.3 Å². The number of nitrogens with zero attached hydrogens (tertiary/aromatic N) is 1. The second kappa shape index (κ2) is 4.98. The zero-order valence-corrected chi connectivity index (χ0v) is 11.7. The summed E-state index contributed by atoms with van der Waals surface area (Å²) >= 11 is 6.01. The highest BCUT2D eigenvalue weighted by Gasteiger charge is 2.50. The molecule has 1 aromatic rings. The Kier molecular flexibility index (Phi) is 3.69. The number of rotatable bonds is 4. The highest BCUT2D eigenvalue weighted by molar-refractivity contribution is 6.32. The van der Waals surface area contributed by atoms with E-state index in [1.165, 1.54) is 6.07 Å². The van der Waals surface area contributed by atoms with Crippen LogP contribution in [0.15, 0.2) is 18.2 Å². The van der Waals surface area contributed by atoms with Gasteiger partial charge in [0.1, 0.15) is 6.10 Å². The number of para-hydroxylation sites is 1. The minimum Gasteiger partial charge on any atom is -0.482 e. The Bertz CT molecular complexity index is 509. The molecule has 1 saturated carbocycles. The first kappa shape index (κ1) is 14.1. The summed E-state index contributed by atoms with van der Waals surface area (Å²) in [6, 6.07) is 4.58. The molecule has 1 aliphatic carbocycles. The summed E-state index contributed by atoms with van der Waals surface area (Å²) in [7, 11) is 0. The molecule has 0 aliphatic heterocycles. The average molecular weight is 285 g/mol. The second-order valence-electron chi connectivity index (χ2n) is 5.15. The predicted molar refractivity (Wildman–Crippen MR) is 73.5 cm³/mol. The van der Waals surface area contributed by atoms with Crippen molar-refractivity contribution in [2.75, 3.05) is 0 Å². The molecule has 1 fully saturated rings. The quantitative estimate of drug-likeness (QED) is 0.680. The van der Waals surface area contributed by atoms with E-state index in [2.05, 4.69) is 0 Å². The van der Waals surface area contributed by atoms with Crippen molar-refractivity contribution in [3.8, 4) is 5.75 Å². The van der Waals surface area contributed by atoms with E-state index in [-0.39, 0.29) is 34.0 Å². The number of ether oxygens (including phenoxy) is 1. The van der Waals surface area contributed by atoms with Gasteiger partial charge in [0.15, 0.2) is 0 Å². The van der Waals surface area contributed by atoms with E-state index in [1.54, 1.807) is 12.1 Å². The standard InChI is InChI=1S/C13H17ClN2O3/c1-3-13(2)10(15)7-11(13)19-12-8(14)5-4-6-9(12)16(17)18/h4-6,10-11H,3,7,15H2,1-2H3. The normalized spacial score (nSPS) is 29.7. The SMILES string of the molecule is CCC1(C)C(N)CC1Oc1c(Cl)cccc1[N+](=O)[O-]. The number of nitro benzene ring substituents is 1. The first-order valence-corrected chi connectivity index (χ1v) is 6.63. The van der Waals surface area contributed by atoms with Gasteiger partial charge in [-0.3, -0.25) is 10.1 Å². The second-order valence-corrected chi connectivity index (χ2v) is 5.56. The first-order valence-electron chi connectivity index (χ1n) is 6.25. The number of benzene rings is 1. The molecule has 1 aromatic carbocycles. The van der Waals surface area contributed by atoms with Crippen molar-refractivity contribution in [2.45, 2.75) is 38.8 Å². The van der Waals surface area contributed by atoms with Crippen molar-refractivity contribution in [3.05, 3.63) is 33.3 Å². The minimum atomic E-state index is -0.483. The average Bonchev–Trinajstić information content (AvgIpc) is 2.38. The lowest BCUT2D eigenvalue weighted by Crippen LogP contribution is -2.61. The molecule has 104 valence electrons. The fraction of sp³-hybridized carbons (Fsp3) is 0.538. The van der Waals surface area contributed by atoms with E-state index in [0.29, 0.717) is 6.42 Å². The zero-order chi connectivity index (χ0) is 14.2. The summed E-state index contributed by atoms with van der Waals surface area (Å²) < 4.78 is 5.80. The molecule has 0 heterocycles. The smallest absolute Gasteiger partial charge is 0.312 e. The maximum absolute atomic E-state index is 11.0. The van der Waals surface area contributed by atoms with E-state index in [1.807, 2.05) is 13.8 Å². The van der Waals surface area contributed by atoms with E-state index >= 15 is 0 Å². The van der Waals surface area contributed by atoms with Crippen LogP contribution in [0, 0.1) is 15.5 Å². The van der Waals surface area contributed by atoms with Gasteiger partial charge in [0, 0.05) is 23.9 Å². The molecule has 2 rings (SSSR count). The van der Waals surface area contributed by atoms with Gasteiger partial charge in [-0.25, -0.2) is 0 Å². The van der Waals surface area contributed by atoms with E-state index < -0.39 is 4.92 Å².